The van der Waals surface area contributed by atoms with Crippen molar-refractivity contribution in [2.45, 2.75) is 110 Å². The van der Waals surface area contributed by atoms with Crippen molar-refractivity contribution >= 4 is 24.2 Å². The summed E-state index contributed by atoms with van der Waals surface area (Å²) >= 11 is 0. The summed E-state index contributed by atoms with van der Waals surface area (Å²) in [5.41, 5.74) is -0.450. The number of rotatable bonds is 6. The molecule has 1 aromatic rings. The number of carbonyl (C=O) groups excluding carboxylic acids is 3. The second-order valence-electron chi connectivity index (χ2n) is 12.8. The molecule has 42 heavy (non-hydrogen) atoms. The standard InChI is InChI=1S/C31H48N4O7/c1-30(2,3)41-27(36)32-26(33-28(37)42-31(4,5)6)34-19-15-25(16-20-34)39-21-17-24-14-10-11-18-35(24)29(38)40-22-23-12-8-7-9-13-23/h7-9,12-13,24-25H,10-11,14-22H2,1-6H3,(H,32,33,36,37)/t24-/m0/s1. The Balaban J connectivity index is 1.49. The van der Waals surface area contributed by atoms with Crippen LogP contribution < -0.4 is 5.32 Å². The summed E-state index contributed by atoms with van der Waals surface area (Å²) in [4.78, 5) is 45.4. The first-order valence-corrected chi connectivity index (χ1v) is 14.9. The molecular formula is C31H48N4O7. The highest BCUT2D eigenvalue weighted by atomic mass is 16.6. The fraction of sp³-hybridized carbons (Fsp3) is 0.677. The number of nitrogens with zero attached hydrogens (tertiary/aromatic N) is 3. The van der Waals surface area contributed by atoms with E-state index in [0.717, 1.165) is 31.2 Å². The van der Waals surface area contributed by atoms with Crippen molar-refractivity contribution in [2.75, 3.05) is 26.2 Å². The Kier molecular flexibility index (Phi) is 12.0. The Labute approximate surface area is 249 Å². The number of ether oxygens (including phenoxy) is 4. The van der Waals surface area contributed by atoms with E-state index in [1.54, 1.807) is 41.5 Å². The van der Waals surface area contributed by atoms with Gasteiger partial charge in [-0.2, -0.15) is 0 Å². The number of hydrogen-bond acceptors (Lipinski definition) is 7. The molecular weight excluding hydrogens is 540 g/mol. The highest BCUT2D eigenvalue weighted by Crippen LogP contribution is 2.23. The monoisotopic (exact) mass is 588 g/mol. The Morgan fingerprint density at radius 3 is 2.21 bits per heavy atom. The number of piperidine rings is 2. The lowest BCUT2D eigenvalue weighted by Crippen LogP contribution is -2.50. The van der Waals surface area contributed by atoms with Crippen LogP contribution in [0.25, 0.3) is 0 Å². The van der Waals surface area contributed by atoms with Crippen molar-refractivity contribution in [3.05, 3.63) is 35.9 Å². The molecule has 0 aromatic heterocycles. The van der Waals surface area contributed by atoms with E-state index >= 15 is 0 Å². The van der Waals surface area contributed by atoms with Crippen molar-refractivity contribution in [3.8, 4) is 0 Å². The zero-order valence-corrected chi connectivity index (χ0v) is 26.0. The van der Waals surface area contributed by atoms with Crippen LogP contribution in [0.2, 0.25) is 0 Å². The van der Waals surface area contributed by atoms with Gasteiger partial charge in [0, 0.05) is 32.3 Å². The zero-order valence-electron chi connectivity index (χ0n) is 26.0. The fourth-order valence-electron chi connectivity index (χ4n) is 4.89. The van der Waals surface area contributed by atoms with Crippen molar-refractivity contribution < 1.29 is 33.3 Å². The van der Waals surface area contributed by atoms with Crippen molar-refractivity contribution in [1.82, 2.24) is 15.1 Å². The van der Waals surface area contributed by atoms with Gasteiger partial charge in [-0.1, -0.05) is 30.3 Å². The molecule has 0 aliphatic carbocycles. The van der Waals surface area contributed by atoms with Gasteiger partial charge in [-0.3, -0.25) is 5.32 Å². The third kappa shape index (κ3) is 11.9. The maximum absolute atomic E-state index is 12.8. The quantitative estimate of drug-likeness (QED) is 0.249. The normalized spacial score (nSPS) is 18.8. The summed E-state index contributed by atoms with van der Waals surface area (Å²) in [6.45, 7) is 13.1. The van der Waals surface area contributed by atoms with Gasteiger partial charge in [0.2, 0.25) is 5.96 Å². The Morgan fingerprint density at radius 2 is 1.57 bits per heavy atom. The van der Waals surface area contributed by atoms with Crippen LogP contribution in [0.1, 0.15) is 85.6 Å². The molecule has 3 amide bonds. The molecule has 2 saturated heterocycles. The van der Waals surface area contributed by atoms with Crippen LogP contribution in [0.4, 0.5) is 14.4 Å². The van der Waals surface area contributed by atoms with Crippen LogP contribution in [0, 0.1) is 0 Å². The summed E-state index contributed by atoms with van der Waals surface area (Å²) in [6, 6.07) is 9.78. The van der Waals surface area contributed by atoms with Crippen LogP contribution in [-0.2, 0) is 25.6 Å². The maximum atomic E-state index is 12.8. The minimum atomic E-state index is -0.786. The van der Waals surface area contributed by atoms with E-state index in [0.29, 0.717) is 39.1 Å². The summed E-state index contributed by atoms with van der Waals surface area (Å²) in [5, 5.41) is 2.62. The SMILES string of the molecule is CC(C)(C)OC(=O)N=C(NC(=O)OC(C)(C)C)N1CCC(OCC[C@@H]2CCCCN2C(=O)OCc2ccccc2)CC1. The number of aliphatic imine (C=N–C) groups is 1. The Hall–Kier alpha value is -3.34. The van der Waals surface area contributed by atoms with Gasteiger partial charge in [-0.25, -0.2) is 14.4 Å². The van der Waals surface area contributed by atoms with E-state index < -0.39 is 23.4 Å². The molecule has 0 bridgehead atoms. The average molecular weight is 589 g/mol. The van der Waals surface area contributed by atoms with Gasteiger partial charge in [0.15, 0.2) is 0 Å². The summed E-state index contributed by atoms with van der Waals surface area (Å²) in [7, 11) is 0. The first-order chi connectivity index (χ1) is 19.8. The lowest BCUT2D eigenvalue weighted by Gasteiger charge is -2.36. The van der Waals surface area contributed by atoms with E-state index in [-0.39, 0.29) is 30.8 Å². The third-order valence-electron chi connectivity index (χ3n) is 6.82. The first kappa shape index (κ1) is 33.2. The van der Waals surface area contributed by atoms with Crippen LogP contribution in [0.5, 0.6) is 0 Å². The van der Waals surface area contributed by atoms with Gasteiger partial charge in [0.1, 0.15) is 17.8 Å². The van der Waals surface area contributed by atoms with E-state index in [1.807, 2.05) is 40.1 Å². The topological polar surface area (TPSA) is 119 Å². The number of guanidine groups is 1. The molecule has 0 spiro atoms. The summed E-state index contributed by atoms with van der Waals surface area (Å²) < 4.78 is 22.5. The van der Waals surface area contributed by atoms with E-state index in [1.165, 1.54) is 0 Å². The smallest absolute Gasteiger partial charge is 0.437 e. The van der Waals surface area contributed by atoms with Gasteiger partial charge in [-0.05, 0) is 85.6 Å². The van der Waals surface area contributed by atoms with Gasteiger partial charge < -0.3 is 28.7 Å². The van der Waals surface area contributed by atoms with E-state index in [9.17, 15) is 14.4 Å². The van der Waals surface area contributed by atoms with Gasteiger partial charge >= 0.3 is 18.3 Å². The Bertz CT molecular complexity index is 1060. The lowest BCUT2D eigenvalue weighted by atomic mass is 10.00. The molecule has 2 aliphatic heterocycles. The van der Waals surface area contributed by atoms with Crippen molar-refractivity contribution in [2.24, 2.45) is 4.99 Å². The Morgan fingerprint density at radius 1 is 0.905 bits per heavy atom. The van der Waals surface area contributed by atoms with E-state index in [2.05, 4.69) is 10.3 Å². The second-order valence-corrected chi connectivity index (χ2v) is 12.8. The second kappa shape index (κ2) is 15.2. The minimum Gasteiger partial charge on any atom is -0.445 e. The number of alkyl carbamates (subject to hydrolysis) is 1. The van der Waals surface area contributed by atoms with Crippen LogP contribution >= 0.6 is 0 Å². The average Bonchev–Trinajstić information content (AvgIpc) is 2.90. The fourth-order valence-corrected chi connectivity index (χ4v) is 4.89. The highest BCUT2D eigenvalue weighted by Gasteiger charge is 2.30. The molecule has 0 radical (unpaired) electrons. The molecule has 11 heteroatoms. The number of amides is 3. The number of nitrogens with one attached hydrogen (secondary N) is 1. The van der Waals surface area contributed by atoms with Crippen LogP contribution in [0.15, 0.2) is 35.3 Å². The number of benzene rings is 1. The molecule has 234 valence electrons. The van der Waals surface area contributed by atoms with Crippen molar-refractivity contribution in [3.63, 3.8) is 0 Å². The summed E-state index contributed by atoms with van der Waals surface area (Å²) in [6.07, 6.45) is 3.38. The first-order valence-electron chi connectivity index (χ1n) is 14.9. The zero-order chi connectivity index (χ0) is 30.8. The molecule has 0 saturated carbocycles. The molecule has 1 N–H and O–H groups in total. The predicted octanol–water partition coefficient (Wildman–Crippen LogP) is 5.86. The number of carbonyl (C=O) groups is 3. The van der Waals surface area contributed by atoms with E-state index in [4.69, 9.17) is 18.9 Å². The third-order valence-corrected chi connectivity index (χ3v) is 6.82. The maximum Gasteiger partial charge on any atom is 0.437 e. The molecule has 0 unspecified atom stereocenters. The minimum absolute atomic E-state index is 0.0210. The number of likely N-dealkylation sites (tertiary alicyclic amines) is 2. The summed E-state index contributed by atoms with van der Waals surface area (Å²) in [5.74, 6) is 0.101. The van der Waals surface area contributed by atoms with Gasteiger partial charge in [0.25, 0.3) is 0 Å². The number of hydrogen-bond donors (Lipinski definition) is 1. The molecule has 2 aliphatic rings. The molecule has 11 nitrogen and oxygen atoms in total. The highest BCUT2D eigenvalue weighted by molar-refractivity contribution is 5.99. The molecule has 1 atom stereocenters. The largest absolute Gasteiger partial charge is 0.445 e. The molecule has 2 heterocycles. The van der Waals surface area contributed by atoms with Crippen LogP contribution in [0.3, 0.4) is 0 Å². The molecule has 1 aromatic carbocycles. The van der Waals surface area contributed by atoms with Gasteiger partial charge in [0.05, 0.1) is 6.10 Å². The van der Waals surface area contributed by atoms with Gasteiger partial charge in [-0.15, -0.1) is 4.99 Å². The van der Waals surface area contributed by atoms with Crippen LogP contribution in [-0.4, -0.2) is 83.6 Å². The molecule has 3 rings (SSSR count). The van der Waals surface area contributed by atoms with Crippen molar-refractivity contribution in [1.29, 1.82) is 0 Å². The molecule has 2 fully saturated rings. The lowest BCUT2D eigenvalue weighted by molar-refractivity contribution is 0.00226. The predicted molar refractivity (Wildman–Crippen MR) is 159 cm³/mol.